The lowest BCUT2D eigenvalue weighted by atomic mass is 9.93. The van der Waals surface area contributed by atoms with Crippen molar-refractivity contribution in [2.45, 2.75) is 75.6 Å². The molecule has 6 N–H and O–H groups in total. The Balaban J connectivity index is 1.60. The SMILES string of the molecule is Cc1ccc([C@H]2[C@H](O)[C@H](O)[C@H](O)C[SH]2C)cc1Cc1ccc(CCCC(=O)NC(C)(C)C(N)=O)cc1. The molecule has 5 atom stereocenters. The number of carbonyl (C=O) groups is 2. The first-order valence-corrected chi connectivity index (χ1v) is 14.5. The number of aryl methyl sites for hydroxylation is 2. The molecule has 2 amide bonds. The van der Waals surface area contributed by atoms with Crippen molar-refractivity contribution >= 4 is 22.7 Å². The van der Waals surface area contributed by atoms with Gasteiger partial charge in [0, 0.05) is 17.4 Å². The lowest BCUT2D eigenvalue weighted by Crippen LogP contribution is -2.52. The van der Waals surface area contributed by atoms with E-state index in [1.54, 1.807) is 13.8 Å². The van der Waals surface area contributed by atoms with Crippen molar-refractivity contribution in [1.29, 1.82) is 0 Å². The van der Waals surface area contributed by atoms with Crippen molar-refractivity contribution in [3.8, 4) is 0 Å². The number of carbonyl (C=O) groups excluding carboxylic acids is 2. The third-order valence-electron chi connectivity index (χ3n) is 7.09. The van der Waals surface area contributed by atoms with E-state index in [1.165, 1.54) is 16.7 Å². The molecule has 1 unspecified atom stereocenters. The maximum Gasteiger partial charge on any atom is 0.242 e. The molecule has 198 valence electrons. The summed E-state index contributed by atoms with van der Waals surface area (Å²) in [5.74, 6) is -0.228. The molecular formula is C28H40N2O5S. The number of thiol groups is 1. The Morgan fingerprint density at radius 3 is 2.33 bits per heavy atom. The maximum absolute atomic E-state index is 12.1. The highest BCUT2D eigenvalue weighted by Crippen LogP contribution is 2.48. The predicted octanol–water partition coefficient (Wildman–Crippen LogP) is 2.06. The van der Waals surface area contributed by atoms with Gasteiger partial charge in [0.15, 0.2) is 0 Å². The van der Waals surface area contributed by atoms with Crippen LogP contribution in [-0.4, -0.2) is 63.0 Å². The van der Waals surface area contributed by atoms with Crippen LogP contribution in [0.15, 0.2) is 42.5 Å². The van der Waals surface area contributed by atoms with E-state index in [-0.39, 0.29) is 11.2 Å². The number of nitrogens with two attached hydrogens (primary N) is 1. The van der Waals surface area contributed by atoms with Crippen LogP contribution in [0.4, 0.5) is 0 Å². The van der Waals surface area contributed by atoms with E-state index in [2.05, 4.69) is 54.9 Å². The summed E-state index contributed by atoms with van der Waals surface area (Å²) in [5, 5.41) is 33.4. The van der Waals surface area contributed by atoms with Gasteiger partial charge in [0.1, 0.15) is 11.6 Å². The summed E-state index contributed by atoms with van der Waals surface area (Å²) in [6, 6.07) is 14.6. The Bertz CT molecular complexity index is 1070. The Kier molecular flexibility index (Phi) is 9.22. The Morgan fingerprint density at radius 2 is 1.69 bits per heavy atom. The van der Waals surface area contributed by atoms with E-state index >= 15 is 0 Å². The smallest absolute Gasteiger partial charge is 0.242 e. The topological polar surface area (TPSA) is 133 Å². The van der Waals surface area contributed by atoms with Crippen LogP contribution in [0.5, 0.6) is 0 Å². The maximum atomic E-state index is 12.1. The summed E-state index contributed by atoms with van der Waals surface area (Å²) < 4.78 is 0. The number of rotatable bonds is 9. The molecule has 0 radical (unpaired) electrons. The molecule has 7 nitrogen and oxygen atoms in total. The minimum Gasteiger partial charge on any atom is -0.390 e. The summed E-state index contributed by atoms with van der Waals surface area (Å²) in [6.45, 7) is 5.26. The van der Waals surface area contributed by atoms with Gasteiger partial charge in [-0.3, -0.25) is 9.59 Å². The number of hydrogen-bond acceptors (Lipinski definition) is 5. The van der Waals surface area contributed by atoms with Crippen LogP contribution >= 0.6 is 10.9 Å². The van der Waals surface area contributed by atoms with Gasteiger partial charge >= 0.3 is 0 Å². The number of amides is 2. The van der Waals surface area contributed by atoms with Crippen molar-refractivity contribution in [3.05, 3.63) is 70.3 Å². The third-order valence-corrected chi connectivity index (χ3v) is 9.59. The second-order valence-electron chi connectivity index (χ2n) is 10.5. The number of aliphatic hydroxyl groups excluding tert-OH is 3. The van der Waals surface area contributed by atoms with E-state index in [9.17, 15) is 24.9 Å². The van der Waals surface area contributed by atoms with Crippen LogP contribution in [0.3, 0.4) is 0 Å². The largest absolute Gasteiger partial charge is 0.390 e. The molecule has 1 fully saturated rings. The minimum absolute atomic E-state index is 0.161. The normalized spacial score (nSPS) is 25.4. The van der Waals surface area contributed by atoms with Crippen molar-refractivity contribution in [2.24, 2.45) is 5.73 Å². The minimum atomic E-state index is -1.12. The van der Waals surface area contributed by atoms with E-state index in [0.717, 1.165) is 24.0 Å². The Labute approximate surface area is 216 Å². The highest BCUT2D eigenvalue weighted by molar-refractivity contribution is 8.16. The second-order valence-corrected chi connectivity index (χ2v) is 12.9. The summed E-state index contributed by atoms with van der Waals surface area (Å²) in [6.07, 6.45) is 1.61. The summed E-state index contributed by atoms with van der Waals surface area (Å²) in [7, 11) is -0.656. The van der Waals surface area contributed by atoms with Gasteiger partial charge in [-0.15, -0.1) is 0 Å². The molecule has 0 spiro atoms. The molecule has 1 heterocycles. The fraction of sp³-hybridized carbons (Fsp3) is 0.500. The van der Waals surface area contributed by atoms with Gasteiger partial charge in [-0.25, -0.2) is 10.9 Å². The zero-order valence-corrected chi connectivity index (χ0v) is 22.5. The van der Waals surface area contributed by atoms with Crippen LogP contribution in [0, 0.1) is 6.92 Å². The van der Waals surface area contributed by atoms with Crippen LogP contribution in [0.25, 0.3) is 0 Å². The molecule has 1 saturated heterocycles. The number of hydrogen-bond donors (Lipinski definition) is 6. The van der Waals surface area contributed by atoms with Gasteiger partial charge in [-0.1, -0.05) is 42.5 Å². The van der Waals surface area contributed by atoms with E-state index in [4.69, 9.17) is 5.73 Å². The summed E-state index contributed by atoms with van der Waals surface area (Å²) in [4.78, 5) is 23.5. The van der Waals surface area contributed by atoms with Crippen molar-refractivity contribution in [1.82, 2.24) is 5.32 Å². The highest BCUT2D eigenvalue weighted by atomic mass is 32.2. The number of primary amides is 1. The van der Waals surface area contributed by atoms with Crippen molar-refractivity contribution in [2.75, 3.05) is 12.0 Å². The monoisotopic (exact) mass is 516 g/mol. The van der Waals surface area contributed by atoms with Crippen molar-refractivity contribution in [3.63, 3.8) is 0 Å². The molecule has 1 aliphatic rings. The third kappa shape index (κ3) is 6.88. The average Bonchev–Trinajstić information content (AvgIpc) is 2.80. The lowest BCUT2D eigenvalue weighted by Gasteiger charge is -2.42. The zero-order valence-electron chi connectivity index (χ0n) is 21.6. The first-order valence-electron chi connectivity index (χ1n) is 12.4. The van der Waals surface area contributed by atoms with E-state index in [1.807, 2.05) is 6.07 Å². The Hall–Kier alpha value is -2.39. The van der Waals surface area contributed by atoms with Gasteiger partial charge in [-0.2, -0.15) is 0 Å². The summed E-state index contributed by atoms with van der Waals surface area (Å²) in [5.41, 5.74) is 9.90. The average molecular weight is 517 g/mol. The molecular weight excluding hydrogens is 476 g/mol. The van der Waals surface area contributed by atoms with Crippen LogP contribution < -0.4 is 11.1 Å². The quantitative estimate of drug-likeness (QED) is 0.284. The fourth-order valence-electron chi connectivity index (χ4n) is 4.68. The zero-order chi connectivity index (χ0) is 26.6. The predicted molar refractivity (Wildman–Crippen MR) is 145 cm³/mol. The van der Waals surface area contributed by atoms with E-state index < -0.39 is 40.7 Å². The van der Waals surface area contributed by atoms with Gasteiger partial charge in [-0.05, 0) is 74.1 Å². The summed E-state index contributed by atoms with van der Waals surface area (Å²) >= 11 is 0. The molecule has 0 saturated carbocycles. The number of aliphatic hydroxyl groups is 3. The van der Waals surface area contributed by atoms with Gasteiger partial charge in [0.25, 0.3) is 0 Å². The standard InChI is InChI=1S/C28H40N2O5S/c1-17-8-13-20(26-25(34)24(33)22(31)16-36(26)4)15-21(17)14-19-11-9-18(10-12-19)6-5-7-23(32)30-28(2,3)27(29)35/h8-13,15,22,24-26,31,33-34,36H,5-7,14,16H2,1-4H3,(H2,29,35)(H,30,32)/t22-,24-,25-,26+/m1/s1. The molecule has 0 aliphatic carbocycles. The van der Waals surface area contributed by atoms with Crippen molar-refractivity contribution < 1.29 is 24.9 Å². The van der Waals surface area contributed by atoms with Crippen LogP contribution in [0.1, 0.15) is 59.8 Å². The molecule has 0 bridgehead atoms. The van der Waals surface area contributed by atoms with Gasteiger partial charge < -0.3 is 26.4 Å². The molecule has 2 aromatic rings. The number of nitrogens with one attached hydrogen (secondary N) is 1. The highest BCUT2D eigenvalue weighted by Gasteiger charge is 2.40. The molecule has 2 aromatic carbocycles. The number of benzene rings is 2. The van der Waals surface area contributed by atoms with Gasteiger partial charge in [0.05, 0.1) is 12.2 Å². The van der Waals surface area contributed by atoms with E-state index in [0.29, 0.717) is 18.6 Å². The molecule has 3 rings (SSSR count). The molecule has 8 heteroatoms. The lowest BCUT2D eigenvalue weighted by molar-refractivity contribution is -0.130. The fourth-order valence-corrected chi connectivity index (χ4v) is 7.08. The molecule has 36 heavy (non-hydrogen) atoms. The first kappa shape index (κ1) is 28.2. The Morgan fingerprint density at radius 1 is 1.06 bits per heavy atom. The molecule has 0 aromatic heterocycles. The first-order chi connectivity index (χ1) is 16.9. The second kappa shape index (κ2) is 11.8. The van der Waals surface area contributed by atoms with Gasteiger partial charge in [0.2, 0.25) is 11.8 Å². The molecule has 1 aliphatic heterocycles. The van der Waals surface area contributed by atoms with Crippen LogP contribution in [0.2, 0.25) is 0 Å². The van der Waals surface area contributed by atoms with Crippen LogP contribution in [-0.2, 0) is 22.4 Å².